The molecule has 0 radical (unpaired) electrons. The quantitative estimate of drug-likeness (QED) is 0.299. The summed E-state index contributed by atoms with van der Waals surface area (Å²) in [5, 5.41) is 2.04. The Kier molecular flexibility index (Phi) is 5.52. The average Bonchev–Trinajstić information content (AvgIpc) is 3.29. The second-order valence-electron chi connectivity index (χ2n) is 7.67. The molecule has 0 N–H and O–H groups in total. The largest absolute Gasteiger partial charge is 0.497 e. The number of benzene rings is 3. The Morgan fingerprint density at radius 2 is 1.79 bits per heavy atom. The molecule has 0 atom stereocenters. The van der Waals surface area contributed by atoms with Gasteiger partial charge in [0.2, 0.25) is 5.78 Å². The monoisotopic (exact) mass is 479 g/mol. The number of fused-ring (bicyclic) bond motifs is 2. The summed E-state index contributed by atoms with van der Waals surface area (Å²) in [7, 11) is 3.58. The van der Waals surface area contributed by atoms with E-state index in [1.54, 1.807) is 49.6 Å². The van der Waals surface area contributed by atoms with Gasteiger partial charge in [0.25, 0.3) is 0 Å². The summed E-state index contributed by atoms with van der Waals surface area (Å²) < 4.78 is 19.1. The molecule has 0 unspecified atom stereocenters. The van der Waals surface area contributed by atoms with Crippen LogP contribution in [0.5, 0.6) is 17.2 Å². The summed E-state index contributed by atoms with van der Waals surface area (Å²) >= 11 is 12.4. The Bertz CT molecular complexity index is 1420. The average molecular weight is 480 g/mol. The van der Waals surface area contributed by atoms with Crippen molar-refractivity contribution in [3.8, 4) is 17.2 Å². The number of rotatable bonds is 5. The van der Waals surface area contributed by atoms with Gasteiger partial charge in [0.05, 0.1) is 12.7 Å². The number of aromatic nitrogens is 1. The third kappa shape index (κ3) is 3.94. The highest BCUT2D eigenvalue weighted by molar-refractivity contribution is 6.35. The Morgan fingerprint density at radius 3 is 2.55 bits per heavy atom. The molecule has 5 rings (SSSR count). The second kappa shape index (κ2) is 8.50. The smallest absolute Gasteiger partial charge is 0.231 e. The van der Waals surface area contributed by atoms with Gasteiger partial charge >= 0.3 is 0 Å². The van der Waals surface area contributed by atoms with Crippen LogP contribution < -0.4 is 14.2 Å². The molecule has 1 aromatic heterocycles. The third-order valence-corrected chi connectivity index (χ3v) is 6.31. The summed E-state index contributed by atoms with van der Waals surface area (Å²) in [6.07, 6.45) is 3.72. The van der Waals surface area contributed by atoms with E-state index in [1.807, 2.05) is 36.0 Å². The fraction of sp³-hybridized carbons (Fsp3) is 0.115. The molecule has 0 saturated carbocycles. The topological polar surface area (TPSA) is 49.7 Å². The number of hydrogen-bond acceptors (Lipinski definition) is 4. The van der Waals surface area contributed by atoms with Crippen molar-refractivity contribution in [2.45, 2.75) is 6.61 Å². The van der Waals surface area contributed by atoms with E-state index in [2.05, 4.69) is 0 Å². The number of halogens is 2. The first kappa shape index (κ1) is 21.4. The minimum atomic E-state index is -0.175. The van der Waals surface area contributed by atoms with Crippen molar-refractivity contribution in [3.63, 3.8) is 0 Å². The molecule has 0 bridgehead atoms. The van der Waals surface area contributed by atoms with Crippen molar-refractivity contribution in [2.24, 2.45) is 7.05 Å². The van der Waals surface area contributed by atoms with Crippen LogP contribution in [0.25, 0.3) is 17.0 Å². The summed E-state index contributed by atoms with van der Waals surface area (Å²) in [5.41, 5.74) is 3.08. The minimum absolute atomic E-state index is 0.175. The minimum Gasteiger partial charge on any atom is -0.497 e. The van der Waals surface area contributed by atoms with Crippen LogP contribution >= 0.6 is 23.2 Å². The molecule has 1 aliphatic heterocycles. The number of methoxy groups -OCH3 is 1. The van der Waals surface area contributed by atoms with Crippen LogP contribution in [0.3, 0.4) is 0 Å². The van der Waals surface area contributed by atoms with Gasteiger partial charge in [-0.05, 0) is 48.5 Å². The van der Waals surface area contributed by atoms with E-state index in [4.69, 9.17) is 37.4 Å². The Balaban J connectivity index is 1.41. The molecule has 7 heteroatoms. The van der Waals surface area contributed by atoms with E-state index in [9.17, 15) is 4.79 Å². The van der Waals surface area contributed by atoms with E-state index in [0.29, 0.717) is 32.7 Å². The van der Waals surface area contributed by atoms with Crippen molar-refractivity contribution in [2.75, 3.05) is 7.11 Å². The van der Waals surface area contributed by atoms with Crippen molar-refractivity contribution >= 4 is 46.0 Å². The molecule has 3 aromatic carbocycles. The molecule has 4 aromatic rings. The Hall–Kier alpha value is -3.41. The molecule has 2 heterocycles. The summed E-state index contributed by atoms with van der Waals surface area (Å²) in [6.45, 7) is 0.200. The fourth-order valence-electron chi connectivity index (χ4n) is 3.87. The first-order valence-electron chi connectivity index (χ1n) is 10.2. The number of carbonyl (C=O) groups is 1. The van der Waals surface area contributed by atoms with Gasteiger partial charge < -0.3 is 18.8 Å². The van der Waals surface area contributed by atoms with Gasteiger partial charge in [-0.25, -0.2) is 0 Å². The van der Waals surface area contributed by atoms with Crippen LogP contribution in [0.2, 0.25) is 10.0 Å². The van der Waals surface area contributed by atoms with Crippen molar-refractivity contribution in [3.05, 3.63) is 93.3 Å². The van der Waals surface area contributed by atoms with E-state index in [0.717, 1.165) is 22.2 Å². The van der Waals surface area contributed by atoms with Gasteiger partial charge in [-0.3, -0.25) is 4.79 Å². The molecule has 166 valence electrons. The lowest BCUT2D eigenvalue weighted by atomic mass is 10.1. The van der Waals surface area contributed by atoms with Crippen molar-refractivity contribution in [1.29, 1.82) is 0 Å². The zero-order valence-electron chi connectivity index (χ0n) is 17.9. The van der Waals surface area contributed by atoms with Crippen LogP contribution in [0.4, 0.5) is 0 Å². The van der Waals surface area contributed by atoms with Crippen LogP contribution in [-0.2, 0) is 13.7 Å². The Morgan fingerprint density at radius 1 is 1.03 bits per heavy atom. The van der Waals surface area contributed by atoms with Gasteiger partial charge in [0.15, 0.2) is 5.76 Å². The molecular formula is C26H19Cl2NO4. The van der Waals surface area contributed by atoms with Crippen LogP contribution in [0.15, 0.2) is 66.6 Å². The number of nitrogens with zero attached hydrogens (tertiary/aromatic N) is 1. The SMILES string of the molecule is COc1ccc2c(c1)c(C=C1Oc3cc(OCc4c(Cl)cccc4Cl)ccc3C1=O)cn2C. The molecule has 1 aliphatic rings. The number of ketones is 1. The summed E-state index contributed by atoms with van der Waals surface area (Å²) in [4.78, 5) is 12.9. The van der Waals surface area contributed by atoms with Gasteiger partial charge in [-0.15, -0.1) is 0 Å². The fourth-order valence-corrected chi connectivity index (χ4v) is 4.37. The van der Waals surface area contributed by atoms with E-state index >= 15 is 0 Å². The van der Waals surface area contributed by atoms with Gasteiger partial charge in [-0.2, -0.15) is 0 Å². The number of Topliss-reactive ketones (excluding diaryl/α,β-unsaturated/α-hetero) is 1. The molecule has 0 saturated heterocycles. The zero-order valence-corrected chi connectivity index (χ0v) is 19.4. The third-order valence-electron chi connectivity index (χ3n) is 5.60. The summed E-state index contributed by atoms with van der Waals surface area (Å²) in [5.74, 6) is 1.83. The Labute approximate surface area is 200 Å². The molecule has 0 spiro atoms. The molecular weight excluding hydrogens is 461 g/mol. The van der Waals surface area contributed by atoms with Gasteiger partial charge in [-0.1, -0.05) is 29.3 Å². The number of hydrogen-bond donors (Lipinski definition) is 0. The van der Waals surface area contributed by atoms with E-state index in [-0.39, 0.29) is 18.1 Å². The first-order valence-corrected chi connectivity index (χ1v) is 11.0. The maximum atomic E-state index is 12.9. The maximum absolute atomic E-state index is 12.9. The van der Waals surface area contributed by atoms with Crippen LogP contribution in [0.1, 0.15) is 21.5 Å². The molecule has 33 heavy (non-hydrogen) atoms. The first-order chi connectivity index (χ1) is 15.9. The summed E-state index contributed by atoms with van der Waals surface area (Å²) in [6, 6.07) is 16.3. The number of allylic oxidation sites excluding steroid dienone is 1. The molecule has 0 aliphatic carbocycles. The van der Waals surface area contributed by atoms with Crippen molar-refractivity contribution < 1.29 is 19.0 Å². The molecule has 5 nitrogen and oxygen atoms in total. The van der Waals surface area contributed by atoms with E-state index < -0.39 is 0 Å². The zero-order chi connectivity index (χ0) is 23.1. The lowest BCUT2D eigenvalue weighted by molar-refractivity contribution is 0.101. The second-order valence-corrected chi connectivity index (χ2v) is 8.48. The van der Waals surface area contributed by atoms with E-state index in [1.165, 1.54) is 0 Å². The number of aryl methyl sites for hydroxylation is 1. The highest BCUT2D eigenvalue weighted by Crippen LogP contribution is 2.37. The lowest BCUT2D eigenvalue weighted by Gasteiger charge is -2.10. The van der Waals surface area contributed by atoms with Crippen LogP contribution in [-0.4, -0.2) is 17.5 Å². The van der Waals surface area contributed by atoms with Gasteiger partial charge in [0.1, 0.15) is 23.9 Å². The highest BCUT2D eigenvalue weighted by Gasteiger charge is 2.28. The standard InChI is InChI=1S/C26H19Cl2NO4/c1-29-13-15(19-11-16(31-2)7-9-23(19)29)10-25-26(30)18-8-6-17(12-24(18)33-25)32-14-20-21(27)4-3-5-22(20)28/h3-13H,14H2,1-2H3. The predicted octanol–water partition coefficient (Wildman–Crippen LogP) is 6.69. The lowest BCUT2D eigenvalue weighted by Crippen LogP contribution is -1.98. The van der Waals surface area contributed by atoms with Crippen molar-refractivity contribution in [1.82, 2.24) is 4.57 Å². The molecule has 0 amide bonds. The normalized spacial score (nSPS) is 13.9. The number of carbonyl (C=O) groups excluding carboxylic acids is 1. The predicted molar refractivity (Wildman–Crippen MR) is 130 cm³/mol. The van der Waals surface area contributed by atoms with Crippen LogP contribution in [0, 0.1) is 0 Å². The number of ether oxygens (including phenoxy) is 3. The molecule has 0 fully saturated rings. The highest BCUT2D eigenvalue weighted by atomic mass is 35.5. The van der Waals surface area contributed by atoms with Gasteiger partial charge in [0, 0.05) is 51.4 Å². The maximum Gasteiger partial charge on any atom is 0.231 e.